The second-order valence-electron chi connectivity index (χ2n) is 9.26. The van der Waals surface area contributed by atoms with Gasteiger partial charge in [-0.1, -0.05) is 49.7 Å². The van der Waals surface area contributed by atoms with Crippen molar-refractivity contribution in [1.82, 2.24) is 5.16 Å². The van der Waals surface area contributed by atoms with Crippen LogP contribution in [0.25, 0.3) is 11.3 Å². The maximum Gasteiger partial charge on any atom is 0.145 e. The highest BCUT2D eigenvalue weighted by Crippen LogP contribution is 2.47. The van der Waals surface area contributed by atoms with Crippen molar-refractivity contribution in [3.05, 3.63) is 40.1 Å². The van der Waals surface area contributed by atoms with Gasteiger partial charge in [-0.3, -0.25) is 0 Å². The summed E-state index contributed by atoms with van der Waals surface area (Å²) in [5, 5.41) is 5.20. The molecule has 0 saturated heterocycles. The van der Waals surface area contributed by atoms with Crippen molar-refractivity contribution in [1.29, 1.82) is 0 Å². The minimum Gasteiger partial charge on any atom is -0.370 e. The van der Waals surface area contributed by atoms with Gasteiger partial charge in [0.1, 0.15) is 11.5 Å². The maximum atomic E-state index is 6.72. The Bertz CT molecular complexity index is 809. The van der Waals surface area contributed by atoms with Crippen molar-refractivity contribution >= 4 is 11.6 Å². The SMILES string of the molecule is CCC1(OCc2c(-c3c(C)cccc3Cl)noc2C2CC2)CC(C)C[C@@H](C)C1. The third-order valence-corrected chi connectivity index (χ3v) is 6.95. The van der Waals surface area contributed by atoms with E-state index in [1.807, 2.05) is 12.1 Å². The Balaban J connectivity index is 1.66. The monoisotopic (exact) mass is 401 g/mol. The van der Waals surface area contributed by atoms with Crippen LogP contribution in [0.2, 0.25) is 5.02 Å². The molecule has 1 heterocycles. The molecule has 4 rings (SSSR count). The van der Waals surface area contributed by atoms with E-state index in [0.717, 1.165) is 52.4 Å². The summed E-state index contributed by atoms with van der Waals surface area (Å²) in [4.78, 5) is 0. The number of hydrogen-bond acceptors (Lipinski definition) is 3. The summed E-state index contributed by atoms with van der Waals surface area (Å²) in [7, 11) is 0. The predicted molar refractivity (Wildman–Crippen MR) is 114 cm³/mol. The van der Waals surface area contributed by atoms with Gasteiger partial charge in [0, 0.05) is 17.0 Å². The molecule has 3 nitrogen and oxygen atoms in total. The van der Waals surface area contributed by atoms with Crippen molar-refractivity contribution in [3.63, 3.8) is 0 Å². The minimum atomic E-state index is -0.0397. The van der Waals surface area contributed by atoms with E-state index in [-0.39, 0.29) is 5.60 Å². The average Bonchev–Trinajstić information content (AvgIpc) is 3.40. The lowest BCUT2D eigenvalue weighted by molar-refractivity contribution is -0.105. The van der Waals surface area contributed by atoms with Crippen LogP contribution in [0.4, 0.5) is 0 Å². The lowest BCUT2D eigenvalue weighted by Gasteiger charge is -2.42. The molecule has 2 aliphatic rings. The molecule has 0 radical (unpaired) electrons. The van der Waals surface area contributed by atoms with E-state index in [0.29, 0.717) is 24.4 Å². The molecule has 152 valence electrons. The molecule has 2 aromatic rings. The van der Waals surface area contributed by atoms with Crippen LogP contribution in [-0.4, -0.2) is 10.8 Å². The summed E-state index contributed by atoms with van der Waals surface area (Å²) < 4.78 is 12.6. The van der Waals surface area contributed by atoms with Gasteiger partial charge in [-0.25, -0.2) is 0 Å². The predicted octanol–water partition coefficient (Wildman–Crippen LogP) is 7.30. The normalized spacial score (nSPS) is 27.9. The quantitative estimate of drug-likeness (QED) is 0.509. The van der Waals surface area contributed by atoms with Gasteiger partial charge in [0.15, 0.2) is 0 Å². The van der Waals surface area contributed by atoms with Crippen LogP contribution in [0.3, 0.4) is 0 Å². The first kappa shape index (κ1) is 20.0. The molecular formula is C24H32ClNO2. The lowest BCUT2D eigenvalue weighted by Crippen LogP contribution is -2.40. The number of benzene rings is 1. The van der Waals surface area contributed by atoms with Crippen LogP contribution in [0.15, 0.2) is 22.7 Å². The molecule has 4 heteroatoms. The van der Waals surface area contributed by atoms with Gasteiger partial charge >= 0.3 is 0 Å². The number of ether oxygens (including phenoxy) is 1. The molecule has 0 amide bonds. The first-order valence-electron chi connectivity index (χ1n) is 10.8. The summed E-state index contributed by atoms with van der Waals surface area (Å²) in [5.41, 5.74) is 4.04. The van der Waals surface area contributed by atoms with Gasteiger partial charge in [-0.15, -0.1) is 0 Å². The fourth-order valence-corrected chi connectivity index (χ4v) is 5.51. The Morgan fingerprint density at radius 1 is 1.21 bits per heavy atom. The Morgan fingerprint density at radius 2 is 1.93 bits per heavy atom. The van der Waals surface area contributed by atoms with Crippen LogP contribution in [0, 0.1) is 18.8 Å². The topological polar surface area (TPSA) is 35.3 Å². The third kappa shape index (κ3) is 3.89. The number of aryl methyl sites for hydroxylation is 1. The zero-order valence-corrected chi connectivity index (χ0v) is 18.3. The molecule has 2 saturated carbocycles. The molecule has 0 spiro atoms. The Hall–Kier alpha value is -1.32. The first-order chi connectivity index (χ1) is 13.4. The Kier molecular flexibility index (Phi) is 5.59. The summed E-state index contributed by atoms with van der Waals surface area (Å²) in [6.45, 7) is 9.62. The van der Waals surface area contributed by atoms with Crippen molar-refractivity contribution < 1.29 is 9.26 Å². The van der Waals surface area contributed by atoms with Gasteiger partial charge in [-0.05, 0) is 68.9 Å². The molecule has 0 N–H and O–H groups in total. The highest BCUT2D eigenvalue weighted by atomic mass is 35.5. The zero-order valence-electron chi connectivity index (χ0n) is 17.6. The highest BCUT2D eigenvalue weighted by molar-refractivity contribution is 6.33. The number of nitrogens with zero attached hydrogens (tertiary/aromatic N) is 1. The van der Waals surface area contributed by atoms with Gasteiger partial charge in [0.25, 0.3) is 0 Å². The first-order valence-corrected chi connectivity index (χ1v) is 11.2. The molecular weight excluding hydrogens is 370 g/mol. The Labute approximate surface area is 173 Å². The third-order valence-electron chi connectivity index (χ3n) is 6.64. The molecule has 0 bridgehead atoms. The second-order valence-corrected chi connectivity index (χ2v) is 9.67. The molecule has 3 atom stereocenters. The van der Waals surface area contributed by atoms with E-state index >= 15 is 0 Å². The minimum absolute atomic E-state index is 0.0397. The molecule has 1 aromatic heterocycles. The van der Waals surface area contributed by atoms with Crippen molar-refractivity contribution in [2.24, 2.45) is 11.8 Å². The largest absolute Gasteiger partial charge is 0.370 e. The van der Waals surface area contributed by atoms with Crippen LogP contribution in [0.5, 0.6) is 0 Å². The van der Waals surface area contributed by atoms with Crippen LogP contribution >= 0.6 is 11.6 Å². The van der Waals surface area contributed by atoms with E-state index in [2.05, 4.69) is 38.9 Å². The maximum absolute atomic E-state index is 6.72. The fraction of sp³-hybridized carbons (Fsp3) is 0.625. The number of halogens is 1. The van der Waals surface area contributed by atoms with Crippen LogP contribution in [0.1, 0.15) is 82.1 Å². The van der Waals surface area contributed by atoms with Crippen molar-refractivity contribution in [2.75, 3.05) is 0 Å². The fourth-order valence-electron chi connectivity index (χ4n) is 5.20. The smallest absolute Gasteiger partial charge is 0.145 e. The summed E-state index contributed by atoms with van der Waals surface area (Å²) >= 11 is 6.56. The van der Waals surface area contributed by atoms with E-state index in [1.54, 1.807) is 0 Å². The molecule has 0 aliphatic heterocycles. The highest BCUT2D eigenvalue weighted by Gasteiger charge is 2.39. The lowest BCUT2D eigenvalue weighted by atomic mass is 9.72. The van der Waals surface area contributed by atoms with E-state index in [1.165, 1.54) is 19.3 Å². The van der Waals surface area contributed by atoms with Crippen LogP contribution in [-0.2, 0) is 11.3 Å². The molecule has 28 heavy (non-hydrogen) atoms. The van der Waals surface area contributed by atoms with Crippen molar-refractivity contribution in [2.45, 2.75) is 84.3 Å². The van der Waals surface area contributed by atoms with Gasteiger partial charge < -0.3 is 9.26 Å². The van der Waals surface area contributed by atoms with Crippen molar-refractivity contribution in [3.8, 4) is 11.3 Å². The van der Waals surface area contributed by atoms with Crippen LogP contribution < -0.4 is 0 Å². The summed E-state index contributed by atoms with van der Waals surface area (Å²) in [5.74, 6) is 2.92. The molecule has 2 aliphatic carbocycles. The number of aromatic nitrogens is 1. The number of rotatable bonds is 6. The summed E-state index contributed by atoms with van der Waals surface area (Å²) in [6.07, 6.45) is 6.98. The standard InChI is InChI=1S/C24H32ClNO2/c1-5-24(12-15(2)11-16(3)13-24)27-14-19-22(26-28-23(19)18-9-10-18)21-17(4)7-6-8-20(21)25/h6-8,15-16,18H,5,9-14H2,1-4H3/t15-,16?,24?/m1/s1. The summed E-state index contributed by atoms with van der Waals surface area (Å²) in [6, 6.07) is 5.99. The molecule has 2 unspecified atom stereocenters. The molecule has 2 fully saturated rings. The Morgan fingerprint density at radius 3 is 2.54 bits per heavy atom. The number of hydrogen-bond donors (Lipinski definition) is 0. The molecule has 1 aromatic carbocycles. The second kappa shape index (κ2) is 7.84. The van der Waals surface area contributed by atoms with Gasteiger partial charge in [-0.2, -0.15) is 0 Å². The zero-order chi connectivity index (χ0) is 19.9. The average molecular weight is 402 g/mol. The van der Waals surface area contributed by atoms with Gasteiger partial charge in [0.05, 0.1) is 17.2 Å². The van der Waals surface area contributed by atoms with E-state index in [9.17, 15) is 0 Å². The van der Waals surface area contributed by atoms with Gasteiger partial charge in [0.2, 0.25) is 0 Å². The van der Waals surface area contributed by atoms with E-state index in [4.69, 9.17) is 20.9 Å². The van der Waals surface area contributed by atoms with E-state index < -0.39 is 0 Å².